The Bertz CT molecular complexity index is 1230. The van der Waals surface area contributed by atoms with Crippen molar-refractivity contribution in [2.75, 3.05) is 12.3 Å². The number of amides is 1. The van der Waals surface area contributed by atoms with E-state index in [0.717, 1.165) is 16.7 Å². The van der Waals surface area contributed by atoms with E-state index in [1.54, 1.807) is 37.3 Å². The standard InChI is InChI=1S/C28H31NO10S2/c1-15(14-40-27(37)16-8-4-2-5-9-16)24(33)29-13-18(41-17-10-6-3-7-11-17)12-19(29)26(36)39-28-22(32)20(30)21(31)23(38-28)25(34)35/h2-11,15,18-23,28,30-32H,12-14H2,1H3,(H,34,35)/t15-,18+,19-,20+,21+,22-,23+,28+/m1/s1. The fourth-order valence-electron chi connectivity index (χ4n) is 4.60. The molecule has 11 nitrogen and oxygen atoms in total. The van der Waals surface area contributed by atoms with E-state index in [4.69, 9.17) is 9.47 Å². The Balaban J connectivity index is 1.47. The number of esters is 1. The van der Waals surface area contributed by atoms with Crippen LogP contribution in [0.25, 0.3) is 0 Å². The number of carbonyl (C=O) groups is 4. The molecule has 13 heteroatoms. The molecule has 41 heavy (non-hydrogen) atoms. The number of hydrogen-bond acceptors (Lipinski definition) is 11. The number of nitrogens with zero attached hydrogens (tertiary/aromatic N) is 1. The third kappa shape index (κ3) is 7.48. The van der Waals surface area contributed by atoms with Crippen LogP contribution in [0.4, 0.5) is 0 Å². The molecule has 2 saturated heterocycles. The Morgan fingerprint density at radius 3 is 2.24 bits per heavy atom. The molecule has 4 N–H and O–H groups in total. The first-order valence-corrected chi connectivity index (χ1v) is 14.8. The van der Waals surface area contributed by atoms with Gasteiger partial charge < -0.3 is 34.8 Å². The van der Waals surface area contributed by atoms with Crippen LogP contribution in [0, 0.1) is 5.92 Å². The minimum Gasteiger partial charge on any atom is -0.479 e. The first-order chi connectivity index (χ1) is 19.6. The SMILES string of the molecule is C[C@H](CSC(=O)c1ccccc1)C(=O)N1C[C@@H](Sc2ccccc2)C[C@@H]1C(=O)O[C@@H]1O[C@H](C(=O)O)[C@@H](O)[C@H](O)[C@H]1O. The minimum absolute atomic E-state index is 0.177. The highest BCUT2D eigenvalue weighted by atomic mass is 32.2. The van der Waals surface area contributed by atoms with Crippen molar-refractivity contribution in [3.05, 3.63) is 66.2 Å². The van der Waals surface area contributed by atoms with Gasteiger partial charge in [0.05, 0.1) is 0 Å². The van der Waals surface area contributed by atoms with Crippen LogP contribution >= 0.6 is 23.5 Å². The van der Waals surface area contributed by atoms with Crippen molar-refractivity contribution in [1.29, 1.82) is 0 Å². The molecule has 2 fully saturated rings. The monoisotopic (exact) mass is 605 g/mol. The fraction of sp³-hybridized carbons (Fsp3) is 0.429. The van der Waals surface area contributed by atoms with Crippen molar-refractivity contribution < 1.29 is 49.1 Å². The highest BCUT2D eigenvalue weighted by Gasteiger charge is 2.50. The summed E-state index contributed by atoms with van der Waals surface area (Å²) in [5.41, 5.74) is 0.511. The Kier molecular flexibility index (Phi) is 10.4. The highest BCUT2D eigenvalue weighted by molar-refractivity contribution is 8.14. The van der Waals surface area contributed by atoms with E-state index in [2.05, 4.69) is 0 Å². The average molecular weight is 606 g/mol. The summed E-state index contributed by atoms with van der Waals surface area (Å²) < 4.78 is 10.4. The van der Waals surface area contributed by atoms with Gasteiger partial charge in [0, 0.05) is 33.9 Å². The summed E-state index contributed by atoms with van der Waals surface area (Å²) in [5, 5.41) is 39.2. The zero-order chi connectivity index (χ0) is 29.7. The first kappa shape index (κ1) is 31.0. The molecule has 0 bridgehead atoms. The van der Waals surface area contributed by atoms with Gasteiger partial charge in [-0.3, -0.25) is 9.59 Å². The van der Waals surface area contributed by atoms with Crippen LogP contribution in [0.15, 0.2) is 65.6 Å². The highest BCUT2D eigenvalue weighted by Crippen LogP contribution is 2.35. The van der Waals surface area contributed by atoms with Crippen molar-refractivity contribution in [2.24, 2.45) is 5.92 Å². The van der Waals surface area contributed by atoms with Crippen molar-refractivity contribution in [1.82, 2.24) is 4.90 Å². The maximum Gasteiger partial charge on any atom is 0.335 e. The molecule has 220 valence electrons. The number of aliphatic hydroxyl groups excluding tert-OH is 3. The van der Waals surface area contributed by atoms with E-state index in [0.29, 0.717) is 5.56 Å². The Hall–Kier alpha value is -2.94. The van der Waals surface area contributed by atoms with E-state index in [-0.39, 0.29) is 35.0 Å². The third-order valence-corrected chi connectivity index (χ3v) is 9.19. The second-order valence-electron chi connectivity index (χ2n) is 9.83. The number of likely N-dealkylation sites (tertiary alicyclic amines) is 1. The average Bonchev–Trinajstić information content (AvgIpc) is 3.40. The lowest BCUT2D eigenvalue weighted by Gasteiger charge is -2.38. The lowest BCUT2D eigenvalue weighted by atomic mass is 9.99. The fourth-order valence-corrected chi connectivity index (χ4v) is 6.66. The number of ether oxygens (including phenoxy) is 2. The van der Waals surface area contributed by atoms with Gasteiger partial charge in [-0.2, -0.15) is 0 Å². The largest absolute Gasteiger partial charge is 0.479 e. The molecule has 2 aliphatic heterocycles. The Labute approximate surface area is 244 Å². The molecule has 0 aromatic heterocycles. The second-order valence-corrected chi connectivity index (χ2v) is 12.2. The third-order valence-electron chi connectivity index (χ3n) is 6.80. The van der Waals surface area contributed by atoms with Crippen molar-refractivity contribution >= 4 is 46.5 Å². The smallest absolute Gasteiger partial charge is 0.335 e. The van der Waals surface area contributed by atoms with Gasteiger partial charge in [-0.25, -0.2) is 9.59 Å². The maximum atomic E-state index is 13.6. The van der Waals surface area contributed by atoms with E-state index < -0.39 is 54.6 Å². The van der Waals surface area contributed by atoms with Gasteiger partial charge in [-0.05, 0) is 18.6 Å². The normalized spacial score (nSPS) is 28.6. The molecule has 2 heterocycles. The predicted octanol–water partition coefficient (Wildman–Crippen LogP) is 1.39. The van der Waals surface area contributed by atoms with Gasteiger partial charge in [0.2, 0.25) is 17.3 Å². The van der Waals surface area contributed by atoms with Crippen molar-refractivity contribution in [3.63, 3.8) is 0 Å². The number of benzene rings is 2. The second kappa shape index (κ2) is 13.8. The molecule has 0 saturated carbocycles. The Morgan fingerprint density at radius 2 is 1.61 bits per heavy atom. The zero-order valence-electron chi connectivity index (χ0n) is 22.0. The van der Waals surface area contributed by atoms with Crippen LogP contribution < -0.4 is 0 Å². The summed E-state index contributed by atoms with van der Waals surface area (Å²) in [5.74, 6) is -3.39. The van der Waals surface area contributed by atoms with Gasteiger partial charge in [0.15, 0.2) is 6.10 Å². The number of aliphatic carboxylic acids is 1. The van der Waals surface area contributed by atoms with Crippen LogP contribution in [0.5, 0.6) is 0 Å². The minimum atomic E-state index is -1.94. The summed E-state index contributed by atoms with van der Waals surface area (Å²) in [4.78, 5) is 53.2. The molecule has 0 radical (unpaired) electrons. The number of carbonyl (C=O) groups excluding carboxylic acids is 3. The van der Waals surface area contributed by atoms with Crippen molar-refractivity contribution in [3.8, 4) is 0 Å². The van der Waals surface area contributed by atoms with E-state index >= 15 is 0 Å². The summed E-state index contributed by atoms with van der Waals surface area (Å²) >= 11 is 2.48. The molecule has 8 atom stereocenters. The van der Waals surface area contributed by atoms with Crippen molar-refractivity contribution in [2.45, 2.75) is 60.2 Å². The first-order valence-electron chi connectivity index (χ1n) is 12.9. The van der Waals surface area contributed by atoms with Gasteiger partial charge in [0.1, 0.15) is 24.4 Å². The molecule has 0 spiro atoms. The molecule has 2 aliphatic rings. The summed E-state index contributed by atoms with van der Waals surface area (Å²) in [6.07, 6.45) is -9.41. The molecule has 4 rings (SSSR count). The topological polar surface area (TPSA) is 171 Å². The maximum absolute atomic E-state index is 13.6. The molecule has 2 aromatic carbocycles. The zero-order valence-corrected chi connectivity index (χ0v) is 23.6. The molecule has 2 aromatic rings. The number of carboxylic acids is 1. The number of rotatable bonds is 9. The van der Waals surface area contributed by atoms with Gasteiger partial charge in [-0.1, -0.05) is 67.2 Å². The quantitative estimate of drug-likeness (QED) is 0.303. The van der Waals surface area contributed by atoms with Crippen LogP contribution in [-0.2, 0) is 23.9 Å². The molecule has 0 aliphatic carbocycles. The lowest BCUT2D eigenvalue weighted by Crippen LogP contribution is -2.61. The summed E-state index contributed by atoms with van der Waals surface area (Å²) in [6.45, 7) is 1.86. The number of carboxylic acid groups (broad SMARTS) is 1. The van der Waals surface area contributed by atoms with Gasteiger partial charge in [-0.15, -0.1) is 11.8 Å². The predicted molar refractivity (Wildman–Crippen MR) is 149 cm³/mol. The van der Waals surface area contributed by atoms with E-state index in [1.165, 1.54) is 16.7 Å². The molecule has 0 unspecified atom stereocenters. The number of thioether (sulfide) groups is 2. The van der Waals surface area contributed by atoms with Gasteiger partial charge in [0.25, 0.3) is 0 Å². The number of hydrogen-bond donors (Lipinski definition) is 4. The van der Waals surface area contributed by atoms with Crippen LogP contribution in [-0.4, -0.2) is 103 Å². The lowest BCUT2D eigenvalue weighted by molar-refractivity contribution is -0.287. The Morgan fingerprint density at radius 1 is 0.976 bits per heavy atom. The number of aliphatic hydroxyl groups is 3. The summed E-state index contributed by atoms with van der Waals surface area (Å²) in [6, 6.07) is 17.0. The molecular formula is C28H31NO10S2. The van der Waals surface area contributed by atoms with Crippen LogP contribution in [0.3, 0.4) is 0 Å². The summed E-state index contributed by atoms with van der Waals surface area (Å²) in [7, 11) is 0. The van der Waals surface area contributed by atoms with Gasteiger partial charge >= 0.3 is 11.9 Å². The van der Waals surface area contributed by atoms with E-state index in [1.807, 2.05) is 30.3 Å². The molecular weight excluding hydrogens is 574 g/mol. The van der Waals surface area contributed by atoms with E-state index in [9.17, 15) is 39.6 Å². The molecule has 1 amide bonds. The van der Waals surface area contributed by atoms with Crippen LogP contribution in [0.1, 0.15) is 23.7 Å². The van der Waals surface area contributed by atoms with Crippen LogP contribution in [0.2, 0.25) is 0 Å².